The average Bonchev–Trinajstić information content (AvgIpc) is 2.22. The summed E-state index contributed by atoms with van der Waals surface area (Å²) in [6.07, 6.45) is 0. The maximum absolute atomic E-state index is 11.5. The molecule has 0 aromatic carbocycles. The number of aliphatic imine (C=N–C) groups is 1. The van der Waals surface area contributed by atoms with E-state index in [1.54, 1.807) is 14.1 Å². The predicted octanol–water partition coefficient (Wildman–Crippen LogP) is 0.332. The van der Waals surface area contributed by atoms with Gasteiger partial charge in [-0.25, -0.2) is 0 Å². The zero-order valence-corrected chi connectivity index (χ0v) is 11.1. The van der Waals surface area contributed by atoms with Crippen LogP contribution in [0.4, 0.5) is 0 Å². The van der Waals surface area contributed by atoms with Gasteiger partial charge in [-0.1, -0.05) is 0 Å². The van der Waals surface area contributed by atoms with Crippen molar-refractivity contribution in [1.82, 2.24) is 16.0 Å². The fourth-order valence-corrected chi connectivity index (χ4v) is 1.19. The number of guanidine groups is 1. The van der Waals surface area contributed by atoms with E-state index in [1.165, 1.54) is 0 Å². The highest BCUT2D eigenvalue weighted by Crippen LogP contribution is 2.12. The Kier molecular flexibility index (Phi) is 5.85. The molecular formula is C11H24N4O. The first-order valence-electron chi connectivity index (χ1n) is 5.53. The second-order valence-corrected chi connectivity index (χ2v) is 4.69. The first kappa shape index (κ1) is 14.7. The monoisotopic (exact) mass is 228 g/mol. The first-order valence-corrected chi connectivity index (χ1v) is 5.53. The van der Waals surface area contributed by atoms with Gasteiger partial charge in [-0.3, -0.25) is 9.79 Å². The highest BCUT2D eigenvalue weighted by atomic mass is 16.2. The smallest absolute Gasteiger partial charge is 0.227 e. The molecule has 0 radical (unpaired) electrons. The van der Waals surface area contributed by atoms with Crippen LogP contribution in [0.2, 0.25) is 0 Å². The summed E-state index contributed by atoms with van der Waals surface area (Å²) in [6.45, 7) is 8.40. The minimum atomic E-state index is -0.455. The van der Waals surface area contributed by atoms with Crippen LogP contribution >= 0.6 is 0 Å². The van der Waals surface area contributed by atoms with E-state index in [4.69, 9.17) is 0 Å². The Bertz CT molecular complexity index is 259. The lowest BCUT2D eigenvalue weighted by molar-refractivity contribution is -0.128. The Hall–Kier alpha value is -1.26. The Labute approximate surface area is 98.1 Å². The highest BCUT2D eigenvalue weighted by molar-refractivity contribution is 5.84. The van der Waals surface area contributed by atoms with Gasteiger partial charge in [0.05, 0.1) is 5.41 Å². The van der Waals surface area contributed by atoms with Crippen LogP contribution in [0.3, 0.4) is 0 Å². The molecule has 0 spiro atoms. The van der Waals surface area contributed by atoms with Gasteiger partial charge in [-0.2, -0.15) is 0 Å². The van der Waals surface area contributed by atoms with Gasteiger partial charge in [0.1, 0.15) is 0 Å². The zero-order valence-electron chi connectivity index (χ0n) is 11.1. The quantitative estimate of drug-likeness (QED) is 0.480. The van der Waals surface area contributed by atoms with Gasteiger partial charge in [0.25, 0.3) is 0 Å². The summed E-state index contributed by atoms with van der Waals surface area (Å²) in [5, 5.41) is 8.95. The van der Waals surface area contributed by atoms with Crippen molar-refractivity contribution in [2.75, 3.05) is 20.6 Å². The molecular weight excluding hydrogens is 204 g/mol. The van der Waals surface area contributed by atoms with E-state index >= 15 is 0 Å². The first-order chi connectivity index (χ1) is 7.33. The van der Waals surface area contributed by atoms with E-state index in [0.717, 1.165) is 0 Å². The lowest BCUT2D eigenvalue weighted by Gasteiger charge is -2.24. The number of amides is 1. The molecule has 0 aromatic rings. The maximum atomic E-state index is 11.5. The van der Waals surface area contributed by atoms with Gasteiger partial charge in [0.15, 0.2) is 5.96 Å². The largest absolute Gasteiger partial charge is 0.359 e. The summed E-state index contributed by atoms with van der Waals surface area (Å²) in [6, 6.07) is 0.314. The molecule has 94 valence electrons. The van der Waals surface area contributed by atoms with Crippen LogP contribution < -0.4 is 16.0 Å². The highest BCUT2D eigenvalue weighted by Gasteiger charge is 2.26. The van der Waals surface area contributed by atoms with Gasteiger partial charge >= 0.3 is 0 Å². The Morgan fingerprint density at radius 3 is 2.31 bits per heavy atom. The molecule has 0 saturated heterocycles. The van der Waals surface area contributed by atoms with E-state index in [2.05, 4.69) is 20.9 Å². The summed E-state index contributed by atoms with van der Waals surface area (Å²) in [4.78, 5) is 15.6. The summed E-state index contributed by atoms with van der Waals surface area (Å²) in [5.74, 6) is 0.729. The van der Waals surface area contributed by atoms with Crippen LogP contribution in [-0.4, -0.2) is 38.5 Å². The molecule has 5 nitrogen and oxygen atoms in total. The molecule has 3 N–H and O–H groups in total. The molecule has 0 unspecified atom stereocenters. The van der Waals surface area contributed by atoms with Crippen molar-refractivity contribution in [2.45, 2.75) is 33.7 Å². The molecule has 16 heavy (non-hydrogen) atoms. The van der Waals surface area contributed by atoms with Crippen LogP contribution in [0, 0.1) is 5.41 Å². The molecule has 0 aliphatic rings. The van der Waals surface area contributed by atoms with E-state index in [9.17, 15) is 4.79 Å². The third-order valence-corrected chi connectivity index (χ3v) is 2.19. The standard InChI is InChI=1S/C11H24N4O/c1-8(2)15-10(13-6)14-7-11(3,4)9(16)12-5/h8H,7H2,1-6H3,(H,12,16)(H2,13,14,15). The van der Waals surface area contributed by atoms with Crippen LogP contribution in [-0.2, 0) is 4.79 Å². The van der Waals surface area contributed by atoms with Crippen molar-refractivity contribution in [3.8, 4) is 0 Å². The molecule has 0 aliphatic heterocycles. The molecule has 0 atom stereocenters. The van der Waals surface area contributed by atoms with Crippen molar-refractivity contribution in [2.24, 2.45) is 10.4 Å². The van der Waals surface area contributed by atoms with Crippen molar-refractivity contribution in [3.05, 3.63) is 0 Å². The Morgan fingerprint density at radius 2 is 1.94 bits per heavy atom. The summed E-state index contributed by atoms with van der Waals surface area (Å²) < 4.78 is 0. The van der Waals surface area contributed by atoms with E-state index < -0.39 is 5.41 Å². The maximum Gasteiger partial charge on any atom is 0.227 e. The fraction of sp³-hybridized carbons (Fsp3) is 0.818. The number of nitrogens with zero attached hydrogens (tertiary/aromatic N) is 1. The van der Waals surface area contributed by atoms with Gasteiger partial charge in [0.2, 0.25) is 5.91 Å². The molecule has 1 amide bonds. The summed E-state index contributed by atoms with van der Waals surface area (Å²) >= 11 is 0. The van der Waals surface area contributed by atoms with Gasteiger partial charge in [0, 0.05) is 26.7 Å². The topological polar surface area (TPSA) is 65.5 Å². The van der Waals surface area contributed by atoms with Crippen molar-refractivity contribution < 1.29 is 4.79 Å². The van der Waals surface area contributed by atoms with E-state index in [0.29, 0.717) is 18.5 Å². The second kappa shape index (κ2) is 6.35. The SMILES string of the molecule is CN=C(NCC(C)(C)C(=O)NC)NC(C)C. The predicted molar refractivity (Wildman–Crippen MR) is 67.5 cm³/mol. The molecule has 0 fully saturated rings. The third-order valence-electron chi connectivity index (χ3n) is 2.19. The third kappa shape index (κ3) is 5.00. The van der Waals surface area contributed by atoms with Gasteiger partial charge in [-0.05, 0) is 27.7 Å². The molecule has 0 aromatic heterocycles. The van der Waals surface area contributed by atoms with Gasteiger partial charge < -0.3 is 16.0 Å². The number of hydrogen-bond donors (Lipinski definition) is 3. The molecule has 0 rings (SSSR count). The van der Waals surface area contributed by atoms with Crippen molar-refractivity contribution >= 4 is 11.9 Å². The molecule has 0 saturated carbocycles. The summed E-state index contributed by atoms with van der Waals surface area (Å²) in [7, 11) is 3.36. The lowest BCUT2D eigenvalue weighted by atomic mass is 9.92. The second-order valence-electron chi connectivity index (χ2n) is 4.69. The molecule has 5 heteroatoms. The van der Waals surface area contributed by atoms with Crippen molar-refractivity contribution in [1.29, 1.82) is 0 Å². The summed E-state index contributed by atoms with van der Waals surface area (Å²) in [5.41, 5.74) is -0.455. The number of carbonyl (C=O) groups excluding carboxylic acids is 1. The number of carbonyl (C=O) groups is 1. The van der Waals surface area contributed by atoms with Crippen LogP contribution in [0.15, 0.2) is 4.99 Å². The Balaban J connectivity index is 4.26. The van der Waals surface area contributed by atoms with Crippen LogP contribution in [0.1, 0.15) is 27.7 Å². The van der Waals surface area contributed by atoms with Gasteiger partial charge in [-0.15, -0.1) is 0 Å². The molecule has 0 bridgehead atoms. The average molecular weight is 228 g/mol. The van der Waals surface area contributed by atoms with Crippen LogP contribution in [0.5, 0.6) is 0 Å². The number of hydrogen-bond acceptors (Lipinski definition) is 2. The van der Waals surface area contributed by atoms with E-state index in [-0.39, 0.29) is 5.91 Å². The lowest BCUT2D eigenvalue weighted by Crippen LogP contribution is -2.48. The normalized spacial score (nSPS) is 12.6. The van der Waals surface area contributed by atoms with Crippen molar-refractivity contribution in [3.63, 3.8) is 0 Å². The zero-order chi connectivity index (χ0) is 12.8. The number of rotatable bonds is 4. The molecule has 0 heterocycles. The number of nitrogens with one attached hydrogen (secondary N) is 3. The molecule has 0 aliphatic carbocycles. The minimum absolute atomic E-state index is 0.0139. The van der Waals surface area contributed by atoms with E-state index in [1.807, 2.05) is 27.7 Å². The van der Waals surface area contributed by atoms with Crippen LogP contribution in [0.25, 0.3) is 0 Å². The minimum Gasteiger partial charge on any atom is -0.359 e. The Morgan fingerprint density at radius 1 is 1.38 bits per heavy atom. The fourth-order valence-electron chi connectivity index (χ4n) is 1.19.